The van der Waals surface area contributed by atoms with Crippen molar-refractivity contribution in [3.63, 3.8) is 0 Å². The number of nitriles is 1. The van der Waals surface area contributed by atoms with Crippen LogP contribution in [-0.4, -0.2) is 30.4 Å². The van der Waals surface area contributed by atoms with Gasteiger partial charge in [-0.1, -0.05) is 19.1 Å². The number of amides is 1. The van der Waals surface area contributed by atoms with Crippen LogP contribution in [0.2, 0.25) is 0 Å². The van der Waals surface area contributed by atoms with E-state index in [0.29, 0.717) is 5.56 Å². The van der Waals surface area contributed by atoms with Crippen LogP contribution in [0.1, 0.15) is 37.3 Å². The molecule has 1 aromatic rings. The van der Waals surface area contributed by atoms with E-state index < -0.39 is 0 Å². The summed E-state index contributed by atoms with van der Waals surface area (Å²) in [4.78, 5) is 14.3. The van der Waals surface area contributed by atoms with Gasteiger partial charge in [0.25, 0.3) is 0 Å². The Kier molecular flexibility index (Phi) is 5.77. The van der Waals surface area contributed by atoms with Crippen molar-refractivity contribution < 1.29 is 4.79 Å². The molecule has 0 saturated carbocycles. The maximum Gasteiger partial charge on any atom is 0.223 e. The molecule has 1 saturated heterocycles. The monoisotopic (exact) mass is 285 g/mol. The molecule has 0 unspecified atom stereocenters. The quantitative estimate of drug-likeness (QED) is 0.903. The maximum atomic E-state index is 11.9. The van der Waals surface area contributed by atoms with E-state index in [-0.39, 0.29) is 11.8 Å². The molecule has 4 heteroatoms. The van der Waals surface area contributed by atoms with E-state index in [1.54, 1.807) is 0 Å². The predicted molar refractivity (Wildman–Crippen MR) is 82.5 cm³/mol. The highest BCUT2D eigenvalue weighted by Gasteiger charge is 2.24. The zero-order valence-electron chi connectivity index (χ0n) is 12.6. The summed E-state index contributed by atoms with van der Waals surface area (Å²) in [5, 5.41) is 11.8. The summed E-state index contributed by atoms with van der Waals surface area (Å²) in [6.45, 7) is 5.67. The molecular formula is C17H23N3O. The van der Waals surface area contributed by atoms with Gasteiger partial charge in [-0.2, -0.15) is 5.26 Å². The standard InChI is InChI=1S/C17H23N3O/c1-2-9-19-17(21)16-7-10-20(11-8-16)13-15-5-3-14(12-18)4-6-15/h3-6,16H,2,7-11,13H2,1H3,(H,19,21). The lowest BCUT2D eigenvalue weighted by molar-refractivity contribution is -0.126. The lowest BCUT2D eigenvalue weighted by atomic mass is 9.95. The van der Waals surface area contributed by atoms with E-state index in [1.807, 2.05) is 24.3 Å². The first kappa shape index (κ1) is 15.5. The first-order chi connectivity index (χ1) is 10.2. The maximum absolute atomic E-state index is 11.9. The SMILES string of the molecule is CCCNC(=O)C1CCN(Cc2ccc(C#N)cc2)CC1. The van der Waals surface area contributed by atoms with Crippen LogP contribution in [0.3, 0.4) is 0 Å². The molecule has 0 aromatic heterocycles. The largest absolute Gasteiger partial charge is 0.356 e. The van der Waals surface area contributed by atoms with Crippen molar-refractivity contribution in [2.24, 2.45) is 5.92 Å². The van der Waals surface area contributed by atoms with Crippen molar-refractivity contribution >= 4 is 5.91 Å². The van der Waals surface area contributed by atoms with E-state index >= 15 is 0 Å². The highest BCUT2D eigenvalue weighted by Crippen LogP contribution is 2.19. The lowest BCUT2D eigenvalue weighted by Crippen LogP contribution is -2.40. The first-order valence-corrected chi connectivity index (χ1v) is 7.72. The van der Waals surface area contributed by atoms with Crippen LogP contribution >= 0.6 is 0 Å². The predicted octanol–water partition coefficient (Wildman–Crippen LogP) is 2.30. The van der Waals surface area contributed by atoms with E-state index in [2.05, 4.69) is 23.2 Å². The van der Waals surface area contributed by atoms with Crippen molar-refractivity contribution in [1.29, 1.82) is 5.26 Å². The molecule has 0 aliphatic carbocycles. The van der Waals surface area contributed by atoms with Gasteiger partial charge in [-0.15, -0.1) is 0 Å². The Morgan fingerprint density at radius 1 is 1.33 bits per heavy atom. The number of rotatable bonds is 5. The number of carbonyl (C=O) groups excluding carboxylic acids is 1. The van der Waals surface area contributed by atoms with E-state index in [4.69, 9.17) is 5.26 Å². The van der Waals surface area contributed by atoms with Gasteiger partial charge in [0.05, 0.1) is 11.6 Å². The van der Waals surface area contributed by atoms with E-state index in [0.717, 1.165) is 45.4 Å². The molecule has 112 valence electrons. The van der Waals surface area contributed by atoms with Gasteiger partial charge in [0.2, 0.25) is 5.91 Å². The Balaban J connectivity index is 1.78. The molecule has 0 spiro atoms. The molecule has 21 heavy (non-hydrogen) atoms. The summed E-state index contributed by atoms with van der Waals surface area (Å²) in [6.07, 6.45) is 2.86. The number of nitrogens with zero attached hydrogens (tertiary/aromatic N) is 2. The molecule has 2 rings (SSSR count). The van der Waals surface area contributed by atoms with Gasteiger partial charge in [-0.3, -0.25) is 9.69 Å². The van der Waals surface area contributed by atoms with Crippen molar-refractivity contribution in [1.82, 2.24) is 10.2 Å². The second kappa shape index (κ2) is 7.80. The van der Waals surface area contributed by atoms with Crippen LogP contribution in [0.4, 0.5) is 0 Å². The zero-order chi connectivity index (χ0) is 15.1. The molecule has 0 bridgehead atoms. The number of nitrogens with one attached hydrogen (secondary N) is 1. The fraction of sp³-hybridized carbons (Fsp3) is 0.529. The summed E-state index contributed by atoms with van der Waals surface area (Å²) >= 11 is 0. The van der Waals surface area contributed by atoms with Crippen molar-refractivity contribution in [3.05, 3.63) is 35.4 Å². The van der Waals surface area contributed by atoms with Crippen molar-refractivity contribution in [2.75, 3.05) is 19.6 Å². The highest BCUT2D eigenvalue weighted by molar-refractivity contribution is 5.78. The number of hydrogen-bond donors (Lipinski definition) is 1. The average Bonchev–Trinajstić information content (AvgIpc) is 2.54. The molecule has 1 fully saturated rings. The minimum absolute atomic E-state index is 0.175. The summed E-state index contributed by atoms with van der Waals surface area (Å²) in [6, 6.07) is 9.88. The molecule has 0 radical (unpaired) electrons. The Morgan fingerprint density at radius 2 is 2.00 bits per heavy atom. The second-order valence-corrected chi connectivity index (χ2v) is 5.65. The minimum Gasteiger partial charge on any atom is -0.356 e. The average molecular weight is 285 g/mol. The number of hydrogen-bond acceptors (Lipinski definition) is 3. The third-order valence-corrected chi connectivity index (χ3v) is 4.00. The van der Waals surface area contributed by atoms with Crippen LogP contribution in [-0.2, 0) is 11.3 Å². The number of carbonyl (C=O) groups is 1. The minimum atomic E-state index is 0.175. The summed E-state index contributed by atoms with van der Waals surface area (Å²) in [7, 11) is 0. The first-order valence-electron chi connectivity index (χ1n) is 7.72. The van der Waals surface area contributed by atoms with Crippen LogP contribution in [0.25, 0.3) is 0 Å². The Hall–Kier alpha value is -1.86. The molecule has 1 N–H and O–H groups in total. The fourth-order valence-corrected chi connectivity index (χ4v) is 2.69. The van der Waals surface area contributed by atoms with Crippen molar-refractivity contribution in [3.8, 4) is 6.07 Å². The fourth-order valence-electron chi connectivity index (χ4n) is 2.69. The van der Waals surface area contributed by atoms with Crippen LogP contribution in [0, 0.1) is 17.2 Å². The molecule has 1 aromatic carbocycles. The Morgan fingerprint density at radius 3 is 2.57 bits per heavy atom. The molecule has 1 aliphatic heterocycles. The van der Waals surface area contributed by atoms with Gasteiger partial charge >= 0.3 is 0 Å². The van der Waals surface area contributed by atoms with Crippen LogP contribution in [0.15, 0.2) is 24.3 Å². The molecule has 0 atom stereocenters. The van der Waals surface area contributed by atoms with Crippen LogP contribution in [0.5, 0.6) is 0 Å². The normalized spacial score (nSPS) is 16.4. The third-order valence-electron chi connectivity index (χ3n) is 4.00. The topological polar surface area (TPSA) is 56.1 Å². The third kappa shape index (κ3) is 4.57. The van der Waals surface area contributed by atoms with E-state index in [9.17, 15) is 4.79 Å². The van der Waals surface area contributed by atoms with Gasteiger partial charge in [-0.25, -0.2) is 0 Å². The lowest BCUT2D eigenvalue weighted by Gasteiger charge is -2.31. The highest BCUT2D eigenvalue weighted by atomic mass is 16.1. The molecule has 1 aliphatic rings. The number of likely N-dealkylation sites (tertiary alicyclic amines) is 1. The van der Waals surface area contributed by atoms with Crippen molar-refractivity contribution in [2.45, 2.75) is 32.7 Å². The summed E-state index contributed by atoms with van der Waals surface area (Å²) in [5.41, 5.74) is 1.92. The molecule has 1 heterocycles. The van der Waals surface area contributed by atoms with Crippen LogP contribution < -0.4 is 5.32 Å². The Bertz CT molecular complexity index is 496. The summed E-state index contributed by atoms with van der Waals surface area (Å²) < 4.78 is 0. The molecule has 4 nitrogen and oxygen atoms in total. The Labute approximate surface area is 126 Å². The molecular weight excluding hydrogens is 262 g/mol. The number of benzene rings is 1. The molecule has 1 amide bonds. The van der Waals surface area contributed by atoms with Gasteiger partial charge in [-0.05, 0) is 50.0 Å². The second-order valence-electron chi connectivity index (χ2n) is 5.65. The van der Waals surface area contributed by atoms with Gasteiger partial charge in [0.1, 0.15) is 0 Å². The van der Waals surface area contributed by atoms with Gasteiger partial charge < -0.3 is 5.32 Å². The number of piperidine rings is 1. The smallest absolute Gasteiger partial charge is 0.223 e. The van der Waals surface area contributed by atoms with E-state index in [1.165, 1.54) is 5.56 Å². The summed E-state index contributed by atoms with van der Waals surface area (Å²) in [5.74, 6) is 0.392. The van der Waals surface area contributed by atoms with Gasteiger partial charge in [0, 0.05) is 19.0 Å². The zero-order valence-corrected chi connectivity index (χ0v) is 12.6. The van der Waals surface area contributed by atoms with Gasteiger partial charge in [0.15, 0.2) is 0 Å².